The van der Waals surface area contributed by atoms with Crippen LogP contribution in [-0.4, -0.2) is 46.6 Å². The van der Waals surface area contributed by atoms with Crippen molar-refractivity contribution in [3.05, 3.63) is 48.3 Å². The van der Waals surface area contributed by atoms with Gasteiger partial charge in [0.15, 0.2) is 0 Å². The van der Waals surface area contributed by atoms with E-state index in [1.165, 1.54) is 4.90 Å². The third-order valence-corrected chi connectivity index (χ3v) is 3.83. The lowest BCUT2D eigenvalue weighted by Gasteiger charge is -2.21. The average Bonchev–Trinajstić information content (AvgIpc) is 3.13. The van der Waals surface area contributed by atoms with Gasteiger partial charge >= 0.3 is 0 Å². The molecule has 1 aromatic heterocycles. The van der Waals surface area contributed by atoms with E-state index in [2.05, 4.69) is 15.7 Å². The van der Waals surface area contributed by atoms with Gasteiger partial charge in [0.25, 0.3) is 0 Å². The summed E-state index contributed by atoms with van der Waals surface area (Å²) >= 11 is 0. The van der Waals surface area contributed by atoms with E-state index in [4.69, 9.17) is 0 Å². The number of carbonyl (C=O) groups excluding carboxylic acids is 2. The van der Waals surface area contributed by atoms with Crippen molar-refractivity contribution < 1.29 is 9.59 Å². The summed E-state index contributed by atoms with van der Waals surface area (Å²) in [4.78, 5) is 26.0. The van der Waals surface area contributed by atoms with Gasteiger partial charge in [0.1, 0.15) is 6.04 Å². The summed E-state index contributed by atoms with van der Waals surface area (Å²) in [5, 5.41) is 10.1. The molecule has 25 heavy (non-hydrogen) atoms. The molecule has 7 nitrogen and oxygen atoms in total. The molecule has 0 saturated heterocycles. The Bertz CT molecular complexity index is 699. The van der Waals surface area contributed by atoms with Crippen molar-refractivity contribution in [2.75, 3.05) is 25.5 Å². The first-order valence-corrected chi connectivity index (χ1v) is 8.35. The highest BCUT2D eigenvalue weighted by Gasteiger charge is 2.21. The Kier molecular flexibility index (Phi) is 6.71. The van der Waals surface area contributed by atoms with E-state index in [0.717, 1.165) is 24.3 Å². The summed E-state index contributed by atoms with van der Waals surface area (Å²) < 4.78 is 1.57. The van der Waals surface area contributed by atoms with E-state index in [9.17, 15) is 9.59 Å². The Hall–Kier alpha value is -2.67. The predicted octanol–water partition coefficient (Wildman–Crippen LogP) is 1.65. The third kappa shape index (κ3) is 5.42. The van der Waals surface area contributed by atoms with Crippen LogP contribution in [0, 0.1) is 0 Å². The van der Waals surface area contributed by atoms with Crippen LogP contribution in [0.15, 0.2) is 42.7 Å². The van der Waals surface area contributed by atoms with Crippen LogP contribution in [0.1, 0.15) is 25.5 Å². The van der Waals surface area contributed by atoms with Crippen molar-refractivity contribution >= 4 is 17.5 Å². The smallest absolute Gasteiger partial charge is 0.247 e. The molecule has 0 bridgehead atoms. The van der Waals surface area contributed by atoms with Gasteiger partial charge < -0.3 is 15.5 Å². The number of likely N-dealkylation sites (N-methyl/N-ethyl adjacent to an activating group) is 1. The molecule has 2 aromatic rings. The van der Waals surface area contributed by atoms with Gasteiger partial charge in [-0.25, -0.2) is 0 Å². The van der Waals surface area contributed by atoms with E-state index < -0.39 is 6.04 Å². The van der Waals surface area contributed by atoms with Crippen LogP contribution in [-0.2, 0) is 16.1 Å². The lowest BCUT2D eigenvalue weighted by Crippen LogP contribution is -2.38. The number of nitrogens with one attached hydrogen (secondary N) is 2. The van der Waals surface area contributed by atoms with Gasteiger partial charge in [-0.1, -0.05) is 19.1 Å². The Morgan fingerprint density at radius 1 is 1.32 bits per heavy atom. The van der Waals surface area contributed by atoms with Gasteiger partial charge in [-0.15, -0.1) is 0 Å². The van der Waals surface area contributed by atoms with Gasteiger partial charge in [-0.2, -0.15) is 5.10 Å². The SMILES string of the molecule is CCNCc1cccc(NC(=O)CN(C)C(=O)C(C)n2cccn2)c1. The number of nitrogens with zero attached hydrogens (tertiary/aromatic N) is 3. The van der Waals surface area contributed by atoms with Crippen LogP contribution in [0.5, 0.6) is 0 Å². The minimum Gasteiger partial charge on any atom is -0.335 e. The zero-order valence-electron chi connectivity index (χ0n) is 14.9. The van der Waals surface area contributed by atoms with Crippen LogP contribution in [0.2, 0.25) is 0 Å². The highest BCUT2D eigenvalue weighted by atomic mass is 16.2. The summed E-state index contributed by atoms with van der Waals surface area (Å²) in [6.07, 6.45) is 3.35. The highest BCUT2D eigenvalue weighted by Crippen LogP contribution is 2.11. The lowest BCUT2D eigenvalue weighted by atomic mass is 10.2. The Labute approximate surface area is 148 Å². The van der Waals surface area contributed by atoms with E-state index in [1.807, 2.05) is 31.2 Å². The molecule has 7 heteroatoms. The molecule has 2 rings (SSSR count). The molecular weight excluding hydrogens is 318 g/mol. The summed E-state index contributed by atoms with van der Waals surface area (Å²) in [5.74, 6) is -0.399. The quantitative estimate of drug-likeness (QED) is 0.764. The van der Waals surface area contributed by atoms with E-state index in [0.29, 0.717) is 0 Å². The minimum absolute atomic E-state index is 0.0120. The lowest BCUT2D eigenvalue weighted by molar-refractivity contribution is -0.136. The monoisotopic (exact) mass is 343 g/mol. The van der Waals surface area contributed by atoms with Crippen molar-refractivity contribution in [1.82, 2.24) is 20.0 Å². The first-order valence-electron chi connectivity index (χ1n) is 8.35. The molecule has 1 heterocycles. The zero-order valence-corrected chi connectivity index (χ0v) is 14.9. The largest absolute Gasteiger partial charge is 0.335 e. The molecule has 0 fully saturated rings. The van der Waals surface area contributed by atoms with Gasteiger partial charge in [-0.05, 0) is 37.2 Å². The van der Waals surface area contributed by atoms with Crippen molar-refractivity contribution in [1.29, 1.82) is 0 Å². The summed E-state index contributed by atoms with van der Waals surface area (Å²) in [6, 6.07) is 8.97. The number of rotatable bonds is 8. The number of aromatic nitrogens is 2. The van der Waals surface area contributed by atoms with E-state index >= 15 is 0 Å². The highest BCUT2D eigenvalue weighted by molar-refractivity contribution is 5.94. The first kappa shape index (κ1) is 18.7. The Morgan fingerprint density at radius 2 is 2.12 bits per heavy atom. The van der Waals surface area contributed by atoms with Gasteiger partial charge in [0, 0.05) is 31.7 Å². The number of carbonyl (C=O) groups is 2. The number of anilines is 1. The molecule has 0 saturated carbocycles. The maximum Gasteiger partial charge on any atom is 0.247 e. The van der Waals surface area contributed by atoms with Crippen LogP contribution in [0.4, 0.5) is 5.69 Å². The second-order valence-electron chi connectivity index (χ2n) is 5.89. The number of hydrogen-bond acceptors (Lipinski definition) is 4. The number of benzene rings is 1. The standard InChI is InChI=1S/C18H25N5O2/c1-4-19-12-15-7-5-8-16(11-15)21-17(24)13-22(3)18(25)14(2)23-10-6-9-20-23/h5-11,14,19H,4,12-13H2,1-3H3,(H,21,24). The molecule has 2 N–H and O–H groups in total. The maximum absolute atomic E-state index is 12.4. The fourth-order valence-corrected chi connectivity index (χ4v) is 2.46. The first-order chi connectivity index (χ1) is 12.0. The summed E-state index contributed by atoms with van der Waals surface area (Å²) in [5.41, 5.74) is 1.82. The molecule has 0 aliphatic carbocycles. The molecular formula is C18H25N5O2. The minimum atomic E-state index is -0.448. The Morgan fingerprint density at radius 3 is 2.80 bits per heavy atom. The molecule has 134 valence electrons. The molecule has 1 atom stereocenters. The summed E-state index contributed by atoms with van der Waals surface area (Å²) in [6.45, 7) is 5.43. The number of hydrogen-bond donors (Lipinski definition) is 2. The second-order valence-corrected chi connectivity index (χ2v) is 5.89. The number of amides is 2. The summed E-state index contributed by atoms with van der Waals surface area (Å²) in [7, 11) is 1.61. The van der Waals surface area contributed by atoms with Crippen LogP contribution >= 0.6 is 0 Å². The van der Waals surface area contributed by atoms with Crippen molar-refractivity contribution in [3.63, 3.8) is 0 Å². The normalized spacial score (nSPS) is 11.8. The fourth-order valence-electron chi connectivity index (χ4n) is 2.46. The van der Waals surface area contributed by atoms with Crippen molar-refractivity contribution in [2.24, 2.45) is 0 Å². The average molecular weight is 343 g/mol. The molecule has 0 aliphatic heterocycles. The van der Waals surface area contributed by atoms with Crippen LogP contribution < -0.4 is 10.6 Å². The van der Waals surface area contributed by atoms with Crippen molar-refractivity contribution in [2.45, 2.75) is 26.4 Å². The predicted molar refractivity (Wildman–Crippen MR) is 97.0 cm³/mol. The molecule has 1 unspecified atom stereocenters. The maximum atomic E-state index is 12.4. The topological polar surface area (TPSA) is 79.3 Å². The van der Waals surface area contributed by atoms with Crippen LogP contribution in [0.25, 0.3) is 0 Å². The fraction of sp³-hybridized carbons (Fsp3) is 0.389. The van der Waals surface area contributed by atoms with E-state index in [-0.39, 0.29) is 18.4 Å². The zero-order chi connectivity index (χ0) is 18.2. The molecule has 0 spiro atoms. The van der Waals surface area contributed by atoms with Gasteiger partial charge in [0.05, 0.1) is 6.54 Å². The van der Waals surface area contributed by atoms with Gasteiger partial charge in [0.2, 0.25) is 11.8 Å². The molecule has 0 aliphatic rings. The van der Waals surface area contributed by atoms with E-state index in [1.54, 1.807) is 37.1 Å². The molecule has 1 aromatic carbocycles. The van der Waals surface area contributed by atoms with Gasteiger partial charge in [-0.3, -0.25) is 14.3 Å². The second kappa shape index (κ2) is 8.98. The van der Waals surface area contributed by atoms with Crippen molar-refractivity contribution in [3.8, 4) is 0 Å². The van der Waals surface area contributed by atoms with Crippen LogP contribution in [0.3, 0.4) is 0 Å². The Balaban J connectivity index is 1.90. The third-order valence-electron chi connectivity index (χ3n) is 3.83. The molecule has 2 amide bonds. The molecule has 0 radical (unpaired) electrons.